The quantitative estimate of drug-likeness (QED) is 0.791. The van der Waals surface area contributed by atoms with Gasteiger partial charge in [0.05, 0.1) is 5.88 Å². The molecule has 3 nitrogen and oxygen atoms in total. The van der Waals surface area contributed by atoms with Crippen LogP contribution in [0, 0.1) is 13.8 Å². The third kappa shape index (κ3) is 2.62. The first-order valence-electron chi connectivity index (χ1n) is 5.80. The number of rotatable bonds is 3. The van der Waals surface area contributed by atoms with Gasteiger partial charge in [-0.2, -0.15) is 0 Å². The van der Waals surface area contributed by atoms with E-state index in [4.69, 9.17) is 11.6 Å². The van der Waals surface area contributed by atoms with Crippen LogP contribution in [0.4, 0.5) is 11.6 Å². The van der Waals surface area contributed by atoms with Crippen molar-refractivity contribution in [2.45, 2.75) is 19.7 Å². The molecule has 0 unspecified atom stereocenters. The molecule has 1 aromatic carbocycles. The summed E-state index contributed by atoms with van der Waals surface area (Å²) in [6.07, 6.45) is 1.79. The number of aryl methyl sites for hydroxylation is 2. The molecule has 0 saturated carbocycles. The van der Waals surface area contributed by atoms with Gasteiger partial charge in [-0.1, -0.05) is 12.1 Å². The van der Waals surface area contributed by atoms with E-state index in [0.717, 1.165) is 16.9 Å². The standard InChI is InChI=1S/C14H16ClN3/c1-10-5-4-6-13(7-10)18(3)14-16-9-12(8-15)11(2)17-14/h4-7,9H,8H2,1-3H3. The Morgan fingerprint density at radius 3 is 2.67 bits per heavy atom. The predicted octanol–water partition coefficient (Wildman–Crippen LogP) is 3.60. The Hall–Kier alpha value is -1.61. The molecule has 0 aliphatic rings. The molecule has 0 atom stereocenters. The number of alkyl halides is 1. The molecule has 0 saturated heterocycles. The zero-order valence-electron chi connectivity index (χ0n) is 10.8. The lowest BCUT2D eigenvalue weighted by Crippen LogP contribution is -2.14. The summed E-state index contributed by atoms with van der Waals surface area (Å²) in [5, 5.41) is 0. The Morgan fingerprint density at radius 1 is 1.28 bits per heavy atom. The second-order valence-electron chi connectivity index (χ2n) is 4.31. The highest BCUT2D eigenvalue weighted by molar-refractivity contribution is 6.17. The Bertz CT molecular complexity index is 554. The van der Waals surface area contributed by atoms with Gasteiger partial charge < -0.3 is 4.90 Å². The van der Waals surface area contributed by atoms with Crippen molar-refractivity contribution in [2.75, 3.05) is 11.9 Å². The molecule has 2 rings (SSSR count). The van der Waals surface area contributed by atoms with Crippen LogP contribution in [-0.4, -0.2) is 17.0 Å². The van der Waals surface area contributed by atoms with Crippen molar-refractivity contribution in [2.24, 2.45) is 0 Å². The SMILES string of the molecule is Cc1cccc(N(C)c2ncc(CCl)c(C)n2)c1. The van der Waals surface area contributed by atoms with E-state index in [0.29, 0.717) is 11.8 Å². The molecule has 0 N–H and O–H groups in total. The van der Waals surface area contributed by atoms with Crippen molar-refractivity contribution in [3.05, 3.63) is 47.3 Å². The number of benzene rings is 1. The third-order valence-electron chi connectivity index (χ3n) is 2.90. The first-order chi connectivity index (χ1) is 8.61. The van der Waals surface area contributed by atoms with Gasteiger partial charge in [-0.15, -0.1) is 11.6 Å². The Kier molecular flexibility index (Phi) is 3.82. The molecule has 0 bridgehead atoms. The number of anilines is 2. The monoisotopic (exact) mass is 261 g/mol. The minimum absolute atomic E-state index is 0.445. The van der Waals surface area contributed by atoms with Gasteiger partial charge in [0.15, 0.2) is 0 Å². The van der Waals surface area contributed by atoms with E-state index in [9.17, 15) is 0 Å². The van der Waals surface area contributed by atoms with E-state index in [1.807, 2.05) is 31.0 Å². The van der Waals surface area contributed by atoms with E-state index in [-0.39, 0.29) is 0 Å². The van der Waals surface area contributed by atoms with Gasteiger partial charge in [-0.25, -0.2) is 9.97 Å². The van der Waals surface area contributed by atoms with Gasteiger partial charge in [-0.3, -0.25) is 0 Å². The molecule has 0 aliphatic heterocycles. The molecule has 2 aromatic rings. The third-order valence-corrected chi connectivity index (χ3v) is 3.19. The van der Waals surface area contributed by atoms with Gasteiger partial charge in [0.25, 0.3) is 0 Å². The number of hydrogen-bond acceptors (Lipinski definition) is 3. The minimum atomic E-state index is 0.445. The van der Waals surface area contributed by atoms with Crippen LogP contribution in [-0.2, 0) is 5.88 Å². The molecule has 0 amide bonds. The fourth-order valence-corrected chi connectivity index (χ4v) is 1.99. The average molecular weight is 262 g/mol. The van der Waals surface area contributed by atoms with Crippen molar-refractivity contribution < 1.29 is 0 Å². The average Bonchev–Trinajstić information content (AvgIpc) is 2.37. The summed E-state index contributed by atoms with van der Waals surface area (Å²) >= 11 is 5.81. The Balaban J connectivity index is 2.34. The highest BCUT2D eigenvalue weighted by atomic mass is 35.5. The molecule has 1 heterocycles. The number of aromatic nitrogens is 2. The van der Waals surface area contributed by atoms with Crippen molar-refractivity contribution in [3.8, 4) is 0 Å². The van der Waals surface area contributed by atoms with E-state index >= 15 is 0 Å². The van der Waals surface area contributed by atoms with Gasteiger partial charge in [0.2, 0.25) is 5.95 Å². The molecule has 4 heteroatoms. The highest BCUT2D eigenvalue weighted by Gasteiger charge is 2.09. The maximum Gasteiger partial charge on any atom is 0.229 e. The zero-order chi connectivity index (χ0) is 13.1. The normalized spacial score (nSPS) is 10.4. The van der Waals surface area contributed by atoms with E-state index in [1.54, 1.807) is 6.20 Å². The van der Waals surface area contributed by atoms with Crippen LogP contribution in [0.2, 0.25) is 0 Å². The van der Waals surface area contributed by atoms with Crippen LogP contribution in [0.3, 0.4) is 0 Å². The zero-order valence-corrected chi connectivity index (χ0v) is 11.6. The number of halogens is 1. The van der Waals surface area contributed by atoms with Crippen LogP contribution in [0.25, 0.3) is 0 Å². The lowest BCUT2D eigenvalue weighted by atomic mass is 10.2. The van der Waals surface area contributed by atoms with Crippen molar-refractivity contribution in [1.29, 1.82) is 0 Å². The fraction of sp³-hybridized carbons (Fsp3) is 0.286. The molecule has 0 aliphatic carbocycles. The lowest BCUT2D eigenvalue weighted by molar-refractivity contribution is 0.988. The van der Waals surface area contributed by atoms with Crippen LogP contribution in [0.1, 0.15) is 16.8 Å². The first kappa shape index (κ1) is 12.8. The van der Waals surface area contributed by atoms with E-state index < -0.39 is 0 Å². The lowest BCUT2D eigenvalue weighted by Gasteiger charge is -2.18. The summed E-state index contributed by atoms with van der Waals surface area (Å²) in [5.74, 6) is 1.13. The molecule has 1 aromatic heterocycles. The highest BCUT2D eigenvalue weighted by Crippen LogP contribution is 2.21. The van der Waals surface area contributed by atoms with Crippen LogP contribution in [0.5, 0.6) is 0 Å². The van der Waals surface area contributed by atoms with Crippen LogP contribution in [0.15, 0.2) is 30.5 Å². The van der Waals surface area contributed by atoms with E-state index in [2.05, 4.69) is 29.0 Å². The molecule has 94 valence electrons. The molecule has 18 heavy (non-hydrogen) atoms. The Labute approximate surface area is 112 Å². The summed E-state index contributed by atoms with van der Waals surface area (Å²) in [7, 11) is 1.96. The predicted molar refractivity (Wildman–Crippen MR) is 75.6 cm³/mol. The Morgan fingerprint density at radius 2 is 2.06 bits per heavy atom. The molecule has 0 radical (unpaired) electrons. The smallest absolute Gasteiger partial charge is 0.229 e. The van der Waals surface area contributed by atoms with Gasteiger partial charge >= 0.3 is 0 Å². The number of hydrogen-bond donors (Lipinski definition) is 0. The molecular weight excluding hydrogens is 246 g/mol. The maximum atomic E-state index is 5.81. The van der Waals surface area contributed by atoms with Crippen molar-refractivity contribution >= 4 is 23.2 Å². The second kappa shape index (κ2) is 5.36. The maximum absolute atomic E-state index is 5.81. The molecule has 0 fully saturated rings. The molecule has 0 spiro atoms. The van der Waals surface area contributed by atoms with Crippen molar-refractivity contribution in [3.63, 3.8) is 0 Å². The van der Waals surface area contributed by atoms with Crippen LogP contribution >= 0.6 is 11.6 Å². The minimum Gasteiger partial charge on any atom is -0.314 e. The van der Waals surface area contributed by atoms with Crippen LogP contribution < -0.4 is 4.90 Å². The summed E-state index contributed by atoms with van der Waals surface area (Å²) < 4.78 is 0. The topological polar surface area (TPSA) is 29.0 Å². The van der Waals surface area contributed by atoms with Gasteiger partial charge in [0, 0.05) is 30.2 Å². The van der Waals surface area contributed by atoms with Crippen molar-refractivity contribution in [1.82, 2.24) is 9.97 Å². The largest absolute Gasteiger partial charge is 0.314 e. The number of nitrogens with zero attached hydrogens (tertiary/aromatic N) is 3. The summed E-state index contributed by atoms with van der Waals surface area (Å²) in [6, 6.07) is 8.25. The first-order valence-corrected chi connectivity index (χ1v) is 6.34. The van der Waals surface area contributed by atoms with E-state index in [1.165, 1.54) is 5.56 Å². The summed E-state index contributed by atoms with van der Waals surface area (Å²) in [6.45, 7) is 4.02. The summed E-state index contributed by atoms with van der Waals surface area (Å²) in [5.41, 5.74) is 4.19. The fourth-order valence-electron chi connectivity index (χ4n) is 1.72. The molecular formula is C14H16ClN3. The van der Waals surface area contributed by atoms with Gasteiger partial charge in [-0.05, 0) is 31.5 Å². The van der Waals surface area contributed by atoms with Gasteiger partial charge in [0.1, 0.15) is 0 Å². The second-order valence-corrected chi connectivity index (χ2v) is 4.58. The summed E-state index contributed by atoms with van der Waals surface area (Å²) in [4.78, 5) is 10.8.